The van der Waals surface area contributed by atoms with E-state index in [-0.39, 0.29) is 11.4 Å². The highest BCUT2D eigenvalue weighted by atomic mass is 32.1. The molecule has 0 saturated heterocycles. The number of hydrogen-bond donors (Lipinski definition) is 1. The first-order valence-electron chi connectivity index (χ1n) is 8.87. The van der Waals surface area contributed by atoms with Gasteiger partial charge in [-0.2, -0.15) is 0 Å². The molecule has 5 aromatic rings. The Kier molecular flexibility index (Phi) is 3.87. The number of halogens is 1. The van der Waals surface area contributed by atoms with Crippen LogP contribution in [0.1, 0.15) is 11.3 Å². The van der Waals surface area contributed by atoms with E-state index in [0.29, 0.717) is 11.9 Å². The van der Waals surface area contributed by atoms with Crippen molar-refractivity contribution in [3.8, 4) is 16.5 Å². The van der Waals surface area contributed by atoms with Crippen molar-refractivity contribution >= 4 is 33.1 Å². The fourth-order valence-corrected chi connectivity index (χ4v) is 4.52. The van der Waals surface area contributed by atoms with Crippen LogP contribution in [0.15, 0.2) is 60.1 Å². The molecular weight excluding hydrogens is 373 g/mol. The summed E-state index contributed by atoms with van der Waals surface area (Å²) >= 11 is 1.60. The summed E-state index contributed by atoms with van der Waals surface area (Å²) < 4.78 is 16.4. The fourth-order valence-electron chi connectivity index (χ4n) is 3.69. The van der Waals surface area contributed by atoms with E-state index in [2.05, 4.69) is 32.7 Å². The molecule has 0 fully saturated rings. The first-order chi connectivity index (χ1) is 13.6. The van der Waals surface area contributed by atoms with Crippen LogP contribution in [0.5, 0.6) is 5.88 Å². The second-order valence-electron chi connectivity index (χ2n) is 6.72. The van der Waals surface area contributed by atoms with Crippen molar-refractivity contribution in [2.24, 2.45) is 0 Å². The zero-order valence-corrected chi connectivity index (χ0v) is 15.9. The van der Waals surface area contributed by atoms with Gasteiger partial charge >= 0.3 is 0 Å². The highest BCUT2D eigenvalue weighted by Gasteiger charge is 2.17. The van der Waals surface area contributed by atoms with E-state index in [1.807, 2.05) is 30.6 Å². The minimum atomic E-state index is -0.439. The number of aromatic hydroxyl groups is 1. The van der Waals surface area contributed by atoms with Crippen molar-refractivity contribution in [3.05, 3.63) is 77.2 Å². The molecule has 5 rings (SSSR count). The quantitative estimate of drug-likeness (QED) is 0.442. The molecule has 2 aromatic carbocycles. The number of thiazole rings is 1. The Hall–Kier alpha value is -3.25. The third kappa shape index (κ3) is 2.65. The summed E-state index contributed by atoms with van der Waals surface area (Å²) in [6, 6.07) is 16.8. The maximum atomic E-state index is 14.2. The predicted molar refractivity (Wildman–Crippen MR) is 110 cm³/mol. The van der Waals surface area contributed by atoms with E-state index >= 15 is 0 Å². The number of nitrogens with zero attached hydrogens (tertiary/aromatic N) is 3. The highest BCUT2D eigenvalue weighted by molar-refractivity contribution is 7.13. The van der Waals surface area contributed by atoms with Crippen molar-refractivity contribution in [2.45, 2.75) is 13.5 Å². The molecule has 0 aliphatic heterocycles. The zero-order chi connectivity index (χ0) is 19.3. The molecule has 0 unspecified atom stereocenters. The van der Waals surface area contributed by atoms with Crippen LogP contribution in [-0.2, 0) is 6.54 Å². The summed E-state index contributed by atoms with van der Waals surface area (Å²) in [7, 11) is 0. The molecule has 0 saturated carbocycles. The smallest absolute Gasteiger partial charge is 0.211 e. The monoisotopic (exact) mass is 389 g/mol. The van der Waals surface area contributed by atoms with Crippen molar-refractivity contribution in [2.75, 3.05) is 0 Å². The number of hydrogen-bond acceptors (Lipinski definition) is 4. The molecule has 0 aliphatic rings. The number of rotatable bonds is 3. The summed E-state index contributed by atoms with van der Waals surface area (Å²) in [5.41, 5.74) is 5.95. The van der Waals surface area contributed by atoms with Gasteiger partial charge < -0.3 is 9.67 Å². The normalized spacial score (nSPS) is 11.5. The zero-order valence-electron chi connectivity index (χ0n) is 15.1. The second-order valence-corrected chi connectivity index (χ2v) is 7.57. The van der Waals surface area contributed by atoms with Crippen molar-refractivity contribution in [1.29, 1.82) is 0 Å². The lowest BCUT2D eigenvalue weighted by Crippen LogP contribution is -2.03. The van der Waals surface area contributed by atoms with E-state index in [4.69, 9.17) is 0 Å². The predicted octanol–water partition coefficient (Wildman–Crippen LogP) is 5.51. The Bertz CT molecular complexity index is 1340. The summed E-state index contributed by atoms with van der Waals surface area (Å²) in [5.74, 6) is -0.620. The number of aromatic nitrogens is 3. The Morgan fingerprint density at radius 3 is 2.79 bits per heavy atom. The molecule has 28 heavy (non-hydrogen) atoms. The minimum Gasteiger partial charge on any atom is -0.493 e. The van der Waals surface area contributed by atoms with E-state index in [9.17, 15) is 9.50 Å². The Labute approximate surface area is 164 Å². The molecule has 3 aromatic heterocycles. The summed E-state index contributed by atoms with van der Waals surface area (Å²) in [6.45, 7) is 2.48. The molecule has 3 heterocycles. The molecule has 0 spiro atoms. The lowest BCUT2D eigenvalue weighted by atomic mass is 10.1. The van der Waals surface area contributed by atoms with Gasteiger partial charge in [0.1, 0.15) is 11.3 Å². The van der Waals surface area contributed by atoms with Gasteiger partial charge in [-0.15, -0.1) is 11.3 Å². The SMILES string of the molecule is Cc1ncsc1-c1cc2ccccc2n1Cc1cc(O)nc2c(F)cccc12. The van der Waals surface area contributed by atoms with Gasteiger partial charge in [-0.05, 0) is 30.7 Å². The Morgan fingerprint density at radius 2 is 1.96 bits per heavy atom. The number of fused-ring (bicyclic) bond motifs is 2. The van der Waals surface area contributed by atoms with Crippen molar-refractivity contribution < 1.29 is 9.50 Å². The molecular formula is C22H16FN3OS. The average molecular weight is 389 g/mol. The van der Waals surface area contributed by atoms with Crippen LogP contribution in [0.4, 0.5) is 4.39 Å². The lowest BCUT2D eigenvalue weighted by molar-refractivity contribution is 0.454. The number of para-hydroxylation sites is 2. The minimum absolute atomic E-state index is 0.181. The van der Waals surface area contributed by atoms with Gasteiger partial charge in [-0.1, -0.05) is 30.3 Å². The van der Waals surface area contributed by atoms with Gasteiger partial charge in [-0.3, -0.25) is 0 Å². The lowest BCUT2D eigenvalue weighted by Gasteiger charge is -2.13. The first-order valence-corrected chi connectivity index (χ1v) is 9.75. The second kappa shape index (κ2) is 6.42. The van der Waals surface area contributed by atoms with Crippen LogP contribution in [0.3, 0.4) is 0 Å². The van der Waals surface area contributed by atoms with E-state index in [0.717, 1.165) is 32.7 Å². The number of aryl methyl sites for hydroxylation is 1. The molecule has 1 N–H and O–H groups in total. The van der Waals surface area contributed by atoms with Gasteiger partial charge in [0.15, 0.2) is 0 Å². The van der Waals surface area contributed by atoms with Crippen LogP contribution in [0.25, 0.3) is 32.4 Å². The van der Waals surface area contributed by atoms with Crippen molar-refractivity contribution in [3.63, 3.8) is 0 Å². The molecule has 0 amide bonds. The van der Waals surface area contributed by atoms with Gasteiger partial charge in [0.25, 0.3) is 0 Å². The summed E-state index contributed by atoms with van der Waals surface area (Å²) in [4.78, 5) is 9.47. The van der Waals surface area contributed by atoms with Gasteiger partial charge in [-0.25, -0.2) is 14.4 Å². The van der Waals surface area contributed by atoms with E-state index in [1.165, 1.54) is 6.07 Å². The van der Waals surface area contributed by atoms with Gasteiger partial charge in [0, 0.05) is 28.9 Å². The molecule has 0 radical (unpaired) electrons. The molecule has 0 atom stereocenters. The van der Waals surface area contributed by atoms with Gasteiger partial charge in [0.05, 0.1) is 21.8 Å². The maximum Gasteiger partial charge on any atom is 0.211 e. The van der Waals surface area contributed by atoms with Crippen LogP contribution < -0.4 is 0 Å². The number of pyridine rings is 1. The van der Waals surface area contributed by atoms with E-state index in [1.54, 1.807) is 23.5 Å². The summed E-state index contributed by atoms with van der Waals surface area (Å²) in [5, 5.41) is 11.9. The summed E-state index contributed by atoms with van der Waals surface area (Å²) in [6.07, 6.45) is 0. The Balaban J connectivity index is 1.76. The molecule has 138 valence electrons. The molecule has 4 nitrogen and oxygen atoms in total. The van der Waals surface area contributed by atoms with Crippen LogP contribution in [0.2, 0.25) is 0 Å². The average Bonchev–Trinajstić information content (AvgIpc) is 3.26. The molecule has 6 heteroatoms. The van der Waals surface area contributed by atoms with E-state index < -0.39 is 5.82 Å². The highest BCUT2D eigenvalue weighted by Crippen LogP contribution is 2.34. The molecule has 0 bridgehead atoms. The molecule has 0 aliphatic carbocycles. The first kappa shape index (κ1) is 16.9. The third-order valence-electron chi connectivity index (χ3n) is 4.98. The standard InChI is InChI=1S/C22H16FN3OS/c1-13-22(28-12-24-13)19-9-14-5-2-3-8-18(14)26(19)11-15-10-20(27)25-21-16(15)6-4-7-17(21)23/h2-10,12H,11H2,1H3,(H,25,27). The number of benzene rings is 2. The third-order valence-corrected chi connectivity index (χ3v) is 5.93. The van der Waals surface area contributed by atoms with Gasteiger partial charge in [0.2, 0.25) is 5.88 Å². The van der Waals surface area contributed by atoms with Crippen LogP contribution in [0, 0.1) is 12.7 Å². The maximum absolute atomic E-state index is 14.2. The van der Waals surface area contributed by atoms with Crippen LogP contribution >= 0.6 is 11.3 Å². The fraction of sp³-hybridized carbons (Fsp3) is 0.0909. The topological polar surface area (TPSA) is 50.9 Å². The largest absolute Gasteiger partial charge is 0.493 e. The van der Waals surface area contributed by atoms with Crippen LogP contribution in [-0.4, -0.2) is 19.6 Å². The Morgan fingerprint density at radius 1 is 1.11 bits per heavy atom. The van der Waals surface area contributed by atoms with Crippen molar-refractivity contribution in [1.82, 2.24) is 14.5 Å².